The summed E-state index contributed by atoms with van der Waals surface area (Å²) in [6, 6.07) is 20.9. The fourth-order valence-electron chi connectivity index (χ4n) is 2.59. The van der Waals surface area contributed by atoms with Gasteiger partial charge in [0.25, 0.3) is 0 Å². The Morgan fingerprint density at radius 2 is 1.55 bits per heavy atom. The van der Waals surface area contributed by atoms with Crippen molar-refractivity contribution in [2.75, 3.05) is 7.05 Å². The van der Waals surface area contributed by atoms with Crippen molar-refractivity contribution in [3.8, 4) is 0 Å². The van der Waals surface area contributed by atoms with Gasteiger partial charge >= 0.3 is 0 Å². The number of likely N-dealkylation sites (N-methyl/N-ethyl adjacent to an activating group) is 1. The van der Waals surface area contributed by atoms with Gasteiger partial charge in [-0.2, -0.15) is 0 Å². The van der Waals surface area contributed by atoms with E-state index in [-0.39, 0.29) is 12.1 Å². The standard InChI is InChI=1S/C16H18NOPS/c1-13-16(14-9-5-3-6-10-14)18-19(20,17(13)2)15-11-7-4-8-12-15/h3-13,16H,1-2H3/t13-,16-,19?/m0/s1. The molecule has 0 aromatic heterocycles. The monoisotopic (exact) mass is 303 g/mol. The number of benzene rings is 2. The van der Waals surface area contributed by atoms with Gasteiger partial charge in [-0.1, -0.05) is 60.7 Å². The first-order valence-corrected chi connectivity index (χ1v) is 9.42. The highest BCUT2D eigenvalue weighted by Crippen LogP contribution is 2.61. The smallest absolute Gasteiger partial charge is 0.162 e. The van der Waals surface area contributed by atoms with Gasteiger partial charge < -0.3 is 4.52 Å². The molecule has 0 saturated carbocycles. The maximum absolute atomic E-state index is 6.40. The highest BCUT2D eigenvalue weighted by atomic mass is 32.4. The van der Waals surface area contributed by atoms with E-state index in [1.165, 1.54) is 5.56 Å². The summed E-state index contributed by atoms with van der Waals surface area (Å²) in [5.74, 6) is 0. The van der Waals surface area contributed by atoms with Crippen molar-refractivity contribution >= 4 is 23.5 Å². The first-order valence-electron chi connectivity index (χ1n) is 6.75. The summed E-state index contributed by atoms with van der Waals surface area (Å²) in [4.78, 5) is 0. The van der Waals surface area contributed by atoms with Gasteiger partial charge in [-0.25, -0.2) is 4.67 Å². The Kier molecular flexibility index (Phi) is 3.78. The summed E-state index contributed by atoms with van der Waals surface area (Å²) >= 11 is 5.92. The van der Waals surface area contributed by atoms with E-state index in [2.05, 4.69) is 55.0 Å². The van der Waals surface area contributed by atoms with Crippen LogP contribution in [0.1, 0.15) is 18.6 Å². The highest BCUT2D eigenvalue weighted by molar-refractivity contribution is 8.14. The summed E-state index contributed by atoms with van der Waals surface area (Å²) in [5, 5.41) is 1.13. The summed E-state index contributed by atoms with van der Waals surface area (Å²) in [7, 11) is 2.08. The molecule has 4 heteroatoms. The molecule has 0 N–H and O–H groups in total. The van der Waals surface area contributed by atoms with Crippen LogP contribution >= 0.6 is 6.42 Å². The van der Waals surface area contributed by atoms with Crippen molar-refractivity contribution in [3.05, 3.63) is 66.2 Å². The number of hydrogen-bond acceptors (Lipinski definition) is 2. The van der Waals surface area contributed by atoms with E-state index in [9.17, 15) is 0 Å². The van der Waals surface area contributed by atoms with E-state index in [0.717, 1.165) is 5.30 Å². The molecule has 0 amide bonds. The van der Waals surface area contributed by atoms with Gasteiger partial charge in [-0.3, -0.25) is 0 Å². The minimum absolute atomic E-state index is 0.0484. The molecular formula is C16H18NOPS. The first kappa shape index (κ1) is 14.0. The van der Waals surface area contributed by atoms with Gasteiger partial charge in [0, 0.05) is 11.3 Å². The summed E-state index contributed by atoms with van der Waals surface area (Å²) in [5.41, 5.74) is 1.20. The van der Waals surface area contributed by atoms with Crippen molar-refractivity contribution in [2.45, 2.75) is 19.1 Å². The van der Waals surface area contributed by atoms with Crippen LogP contribution in [-0.4, -0.2) is 17.8 Å². The first-order chi connectivity index (χ1) is 9.63. The van der Waals surface area contributed by atoms with Crippen LogP contribution in [0.25, 0.3) is 0 Å². The molecule has 0 bridgehead atoms. The Morgan fingerprint density at radius 1 is 1.00 bits per heavy atom. The zero-order chi connectivity index (χ0) is 14.2. The predicted octanol–water partition coefficient (Wildman–Crippen LogP) is 3.71. The lowest BCUT2D eigenvalue weighted by Crippen LogP contribution is -2.25. The Bertz CT molecular complexity index is 631. The molecule has 3 rings (SSSR count). The topological polar surface area (TPSA) is 12.5 Å². The third kappa shape index (κ3) is 2.25. The SMILES string of the molecule is C[C@H]1[C@@H](c2ccccc2)OP(=S)(c2ccccc2)N1C. The van der Waals surface area contributed by atoms with Gasteiger partial charge in [0.2, 0.25) is 0 Å². The molecule has 0 radical (unpaired) electrons. The molecular weight excluding hydrogens is 285 g/mol. The molecule has 20 heavy (non-hydrogen) atoms. The molecule has 1 fully saturated rings. The zero-order valence-electron chi connectivity index (χ0n) is 11.6. The minimum atomic E-state index is -2.12. The number of nitrogens with zero attached hydrogens (tertiary/aromatic N) is 1. The van der Waals surface area contributed by atoms with E-state index in [1.807, 2.05) is 24.3 Å². The fraction of sp³-hybridized carbons (Fsp3) is 0.250. The molecule has 2 aromatic rings. The molecule has 104 valence electrons. The third-order valence-corrected chi connectivity index (χ3v) is 8.23. The lowest BCUT2D eigenvalue weighted by Gasteiger charge is -2.24. The highest BCUT2D eigenvalue weighted by Gasteiger charge is 2.43. The predicted molar refractivity (Wildman–Crippen MR) is 87.9 cm³/mol. The molecule has 0 spiro atoms. The Morgan fingerprint density at radius 3 is 2.15 bits per heavy atom. The van der Waals surface area contributed by atoms with E-state index < -0.39 is 6.42 Å². The quantitative estimate of drug-likeness (QED) is 0.785. The number of hydrogen-bond donors (Lipinski definition) is 0. The molecule has 2 aromatic carbocycles. The van der Waals surface area contributed by atoms with Crippen LogP contribution in [0.15, 0.2) is 60.7 Å². The second-order valence-electron chi connectivity index (χ2n) is 5.11. The average Bonchev–Trinajstić information content (AvgIpc) is 2.75. The minimum Gasteiger partial charge on any atom is -0.325 e. The van der Waals surface area contributed by atoms with Crippen LogP contribution in [0.3, 0.4) is 0 Å². The van der Waals surface area contributed by atoms with Crippen molar-refractivity contribution in [3.63, 3.8) is 0 Å². The van der Waals surface area contributed by atoms with Crippen LogP contribution in [0, 0.1) is 0 Å². The summed E-state index contributed by atoms with van der Waals surface area (Å²) < 4.78 is 8.64. The molecule has 1 aliphatic rings. The number of rotatable bonds is 2. The second kappa shape index (κ2) is 5.42. The summed E-state index contributed by atoms with van der Waals surface area (Å²) in [6.45, 7) is 2.19. The van der Waals surface area contributed by atoms with Crippen molar-refractivity contribution in [1.29, 1.82) is 0 Å². The van der Waals surface area contributed by atoms with Gasteiger partial charge in [0.1, 0.15) is 6.10 Å². The summed E-state index contributed by atoms with van der Waals surface area (Å²) in [6.07, 6.45) is -2.08. The Balaban J connectivity index is 1.99. The maximum Gasteiger partial charge on any atom is 0.162 e. The third-order valence-electron chi connectivity index (χ3n) is 3.91. The molecule has 2 nitrogen and oxygen atoms in total. The van der Waals surface area contributed by atoms with Crippen LogP contribution < -0.4 is 5.30 Å². The largest absolute Gasteiger partial charge is 0.325 e. The van der Waals surface area contributed by atoms with Crippen molar-refractivity contribution in [2.24, 2.45) is 0 Å². The fourth-order valence-corrected chi connectivity index (χ4v) is 6.07. The normalized spacial score (nSPS) is 30.5. The Hall–Kier alpha value is -0.990. The van der Waals surface area contributed by atoms with Gasteiger partial charge in [-0.15, -0.1) is 0 Å². The van der Waals surface area contributed by atoms with Crippen LogP contribution in [-0.2, 0) is 16.3 Å². The molecule has 1 heterocycles. The Labute approximate surface area is 125 Å². The van der Waals surface area contributed by atoms with Gasteiger partial charge in [0.15, 0.2) is 6.42 Å². The van der Waals surface area contributed by atoms with E-state index in [4.69, 9.17) is 16.3 Å². The van der Waals surface area contributed by atoms with Crippen molar-refractivity contribution in [1.82, 2.24) is 4.67 Å². The lowest BCUT2D eigenvalue weighted by molar-refractivity contribution is 0.218. The zero-order valence-corrected chi connectivity index (χ0v) is 13.4. The maximum atomic E-state index is 6.40. The molecule has 1 saturated heterocycles. The van der Waals surface area contributed by atoms with Gasteiger partial charge in [-0.05, 0) is 31.3 Å². The second-order valence-corrected chi connectivity index (χ2v) is 8.99. The lowest BCUT2D eigenvalue weighted by atomic mass is 10.0. The van der Waals surface area contributed by atoms with Crippen LogP contribution in [0.2, 0.25) is 0 Å². The van der Waals surface area contributed by atoms with Gasteiger partial charge in [0.05, 0.1) is 0 Å². The average molecular weight is 303 g/mol. The van der Waals surface area contributed by atoms with E-state index >= 15 is 0 Å². The van der Waals surface area contributed by atoms with Crippen molar-refractivity contribution < 1.29 is 4.52 Å². The van der Waals surface area contributed by atoms with E-state index in [1.54, 1.807) is 0 Å². The van der Waals surface area contributed by atoms with E-state index in [0.29, 0.717) is 0 Å². The van der Waals surface area contributed by atoms with Crippen LogP contribution in [0.4, 0.5) is 0 Å². The molecule has 1 aliphatic heterocycles. The molecule has 0 aliphatic carbocycles. The molecule has 1 unspecified atom stereocenters. The molecule has 3 atom stereocenters. The van der Waals surface area contributed by atoms with Crippen LogP contribution in [0.5, 0.6) is 0 Å².